The first kappa shape index (κ1) is 20.0. The highest BCUT2D eigenvalue weighted by Crippen LogP contribution is 2.36. The van der Waals surface area contributed by atoms with Crippen LogP contribution in [0.4, 0.5) is 0 Å². The van der Waals surface area contributed by atoms with Crippen LogP contribution in [-0.2, 0) is 9.53 Å². The fraction of sp³-hybridized carbons (Fsp3) is 0.600. The van der Waals surface area contributed by atoms with E-state index in [1.807, 2.05) is 24.3 Å². The molecule has 2 N–H and O–H groups in total. The maximum Gasteiger partial charge on any atom is 0.220 e. The normalized spacial score (nSPS) is 24.2. The number of hydrogen-bond donors (Lipinski definition) is 2. The van der Waals surface area contributed by atoms with Crippen LogP contribution in [0.5, 0.6) is 0 Å². The summed E-state index contributed by atoms with van der Waals surface area (Å²) < 4.78 is 5.65. The molecule has 2 aliphatic rings. The van der Waals surface area contributed by atoms with Crippen molar-refractivity contribution in [3.05, 3.63) is 34.9 Å². The number of likely N-dealkylation sites (tertiary alicyclic amines) is 1. The summed E-state index contributed by atoms with van der Waals surface area (Å²) in [6.07, 6.45) is 2.66. The van der Waals surface area contributed by atoms with Crippen LogP contribution in [-0.4, -0.2) is 56.6 Å². The Bertz CT molecular complexity index is 679. The van der Waals surface area contributed by atoms with Crippen LogP contribution in [0.2, 0.25) is 5.02 Å². The van der Waals surface area contributed by atoms with Crippen LogP contribution in [0.1, 0.15) is 37.9 Å². The Morgan fingerprint density at radius 2 is 2.22 bits per heavy atom. The molecule has 2 unspecified atom stereocenters. The van der Waals surface area contributed by atoms with E-state index >= 15 is 0 Å². The zero-order valence-electron chi connectivity index (χ0n) is 16.1. The molecule has 3 rings (SSSR count). The van der Waals surface area contributed by atoms with Crippen molar-refractivity contribution in [3.63, 3.8) is 0 Å². The van der Waals surface area contributed by atoms with Crippen molar-refractivity contribution in [3.8, 4) is 0 Å². The molecule has 2 heterocycles. The van der Waals surface area contributed by atoms with E-state index in [4.69, 9.17) is 21.3 Å². The molecular formula is C20H29ClN4O2. The van der Waals surface area contributed by atoms with Gasteiger partial charge in [-0.15, -0.1) is 0 Å². The van der Waals surface area contributed by atoms with Crippen LogP contribution in [0.25, 0.3) is 0 Å². The molecule has 1 aromatic carbocycles. The van der Waals surface area contributed by atoms with E-state index in [9.17, 15) is 4.79 Å². The molecule has 0 bridgehead atoms. The topological polar surface area (TPSA) is 66.0 Å². The number of amides is 1. The van der Waals surface area contributed by atoms with Crippen molar-refractivity contribution in [1.82, 2.24) is 15.5 Å². The lowest BCUT2D eigenvalue weighted by Crippen LogP contribution is -2.51. The number of carbonyl (C=O) groups is 1. The molecule has 0 aliphatic carbocycles. The Morgan fingerprint density at radius 1 is 1.44 bits per heavy atom. The second kappa shape index (κ2) is 8.93. The number of halogens is 1. The number of methoxy groups -OCH3 is 1. The summed E-state index contributed by atoms with van der Waals surface area (Å²) in [4.78, 5) is 18.9. The molecule has 0 saturated carbocycles. The lowest BCUT2D eigenvalue weighted by molar-refractivity contribution is -0.119. The van der Waals surface area contributed by atoms with Gasteiger partial charge in [-0.25, -0.2) is 0 Å². The zero-order chi connectivity index (χ0) is 19.3. The quantitative estimate of drug-likeness (QED) is 0.597. The molecule has 6 nitrogen and oxygen atoms in total. The standard InChI is InChI=1S/C20H29ClN4O2/c1-3-22-19(23-12-17(27-2)15-5-7-16(21)8-6-15)25-10-4-9-20(14-25)11-18(26)24-13-20/h5-8,17H,3-4,9-14H2,1-2H3,(H,22,23)(H,24,26). The molecule has 1 aromatic rings. The highest BCUT2D eigenvalue weighted by Gasteiger charge is 2.42. The van der Waals surface area contributed by atoms with E-state index in [1.54, 1.807) is 7.11 Å². The van der Waals surface area contributed by atoms with Gasteiger partial charge >= 0.3 is 0 Å². The molecule has 1 amide bonds. The van der Waals surface area contributed by atoms with Gasteiger partial charge in [0.05, 0.1) is 6.54 Å². The lowest BCUT2D eigenvalue weighted by Gasteiger charge is -2.41. The fourth-order valence-electron chi connectivity index (χ4n) is 4.02. The Kier molecular flexibility index (Phi) is 6.60. The summed E-state index contributed by atoms with van der Waals surface area (Å²) in [5.41, 5.74) is 1.10. The monoisotopic (exact) mass is 392 g/mol. The number of nitrogens with one attached hydrogen (secondary N) is 2. The average Bonchev–Trinajstić information content (AvgIpc) is 3.02. The number of piperidine rings is 1. The van der Waals surface area contributed by atoms with Gasteiger partial charge in [0.15, 0.2) is 5.96 Å². The Labute approximate surface area is 166 Å². The van der Waals surface area contributed by atoms with E-state index in [2.05, 4.69) is 22.5 Å². The predicted molar refractivity (Wildman–Crippen MR) is 108 cm³/mol. The van der Waals surface area contributed by atoms with Gasteiger partial charge < -0.3 is 20.3 Å². The molecule has 0 radical (unpaired) electrons. The smallest absolute Gasteiger partial charge is 0.220 e. The molecule has 1 spiro atoms. The van der Waals surface area contributed by atoms with E-state index in [-0.39, 0.29) is 17.4 Å². The molecular weight excluding hydrogens is 364 g/mol. The number of guanidine groups is 1. The van der Waals surface area contributed by atoms with Crippen molar-refractivity contribution in [2.24, 2.45) is 10.4 Å². The van der Waals surface area contributed by atoms with Gasteiger partial charge in [-0.05, 0) is 37.5 Å². The number of rotatable bonds is 5. The van der Waals surface area contributed by atoms with Gasteiger partial charge in [0.25, 0.3) is 0 Å². The van der Waals surface area contributed by atoms with Crippen molar-refractivity contribution in [2.75, 3.05) is 39.8 Å². The van der Waals surface area contributed by atoms with E-state index in [0.717, 1.165) is 50.5 Å². The Balaban J connectivity index is 1.71. The summed E-state index contributed by atoms with van der Waals surface area (Å²) in [6, 6.07) is 7.70. The molecule has 0 aromatic heterocycles. The average molecular weight is 393 g/mol. The second-order valence-electron chi connectivity index (χ2n) is 7.45. The molecule has 148 valence electrons. The molecule has 7 heteroatoms. The number of nitrogens with zero attached hydrogens (tertiary/aromatic N) is 2. The minimum Gasteiger partial charge on any atom is -0.375 e. The van der Waals surface area contributed by atoms with Gasteiger partial charge in [-0.2, -0.15) is 0 Å². The van der Waals surface area contributed by atoms with Gasteiger partial charge in [-0.1, -0.05) is 23.7 Å². The number of aliphatic imine (C=N–C) groups is 1. The lowest BCUT2D eigenvalue weighted by atomic mass is 9.79. The summed E-state index contributed by atoms with van der Waals surface area (Å²) in [7, 11) is 1.70. The zero-order valence-corrected chi connectivity index (χ0v) is 16.9. The summed E-state index contributed by atoms with van der Waals surface area (Å²) in [5, 5.41) is 7.12. The van der Waals surface area contributed by atoms with Gasteiger partial charge in [0.1, 0.15) is 6.10 Å². The van der Waals surface area contributed by atoms with Crippen LogP contribution >= 0.6 is 11.6 Å². The van der Waals surface area contributed by atoms with Gasteiger partial charge in [-0.3, -0.25) is 9.79 Å². The molecule has 2 atom stereocenters. The van der Waals surface area contributed by atoms with Crippen LogP contribution in [0.15, 0.2) is 29.3 Å². The fourth-order valence-corrected chi connectivity index (χ4v) is 4.14. The van der Waals surface area contributed by atoms with Crippen molar-refractivity contribution >= 4 is 23.5 Å². The van der Waals surface area contributed by atoms with Crippen molar-refractivity contribution < 1.29 is 9.53 Å². The van der Waals surface area contributed by atoms with Crippen LogP contribution in [0.3, 0.4) is 0 Å². The van der Waals surface area contributed by atoms with Crippen molar-refractivity contribution in [1.29, 1.82) is 0 Å². The highest BCUT2D eigenvalue weighted by atomic mass is 35.5. The molecule has 2 fully saturated rings. The first-order valence-corrected chi connectivity index (χ1v) is 10.0. The summed E-state index contributed by atoms with van der Waals surface area (Å²) >= 11 is 5.99. The Hall–Kier alpha value is -1.79. The number of carbonyl (C=O) groups excluding carboxylic acids is 1. The maximum atomic E-state index is 11.8. The number of benzene rings is 1. The third-order valence-corrected chi connectivity index (χ3v) is 5.68. The predicted octanol–water partition coefficient (Wildman–Crippen LogP) is 2.60. The minimum atomic E-state index is -0.121. The minimum absolute atomic E-state index is 0.0440. The number of ether oxygens (including phenoxy) is 1. The number of hydrogen-bond acceptors (Lipinski definition) is 3. The van der Waals surface area contributed by atoms with Gasteiger partial charge in [0.2, 0.25) is 5.91 Å². The van der Waals surface area contributed by atoms with E-state index in [0.29, 0.717) is 18.0 Å². The molecule has 2 saturated heterocycles. The SMILES string of the molecule is CCNC(=NCC(OC)c1ccc(Cl)cc1)N1CCCC2(CNC(=O)C2)C1. The van der Waals surface area contributed by atoms with E-state index < -0.39 is 0 Å². The molecule has 2 aliphatic heterocycles. The van der Waals surface area contributed by atoms with Crippen LogP contribution < -0.4 is 10.6 Å². The third kappa shape index (κ3) is 4.93. The second-order valence-corrected chi connectivity index (χ2v) is 7.89. The van der Waals surface area contributed by atoms with Crippen molar-refractivity contribution in [2.45, 2.75) is 32.3 Å². The highest BCUT2D eigenvalue weighted by molar-refractivity contribution is 6.30. The van der Waals surface area contributed by atoms with Crippen LogP contribution in [0, 0.1) is 5.41 Å². The first-order chi connectivity index (χ1) is 13.0. The van der Waals surface area contributed by atoms with E-state index in [1.165, 1.54) is 0 Å². The Morgan fingerprint density at radius 3 is 2.85 bits per heavy atom. The molecule has 27 heavy (non-hydrogen) atoms. The first-order valence-electron chi connectivity index (χ1n) is 9.63. The summed E-state index contributed by atoms with van der Waals surface area (Å²) in [6.45, 7) is 5.99. The summed E-state index contributed by atoms with van der Waals surface area (Å²) in [5.74, 6) is 1.06. The maximum absolute atomic E-state index is 11.8. The third-order valence-electron chi connectivity index (χ3n) is 5.43. The van der Waals surface area contributed by atoms with Gasteiger partial charge in [0, 0.05) is 50.1 Å². The largest absolute Gasteiger partial charge is 0.375 e.